The monoisotopic (exact) mass is 321 g/mol. The van der Waals surface area contributed by atoms with E-state index in [0.29, 0.717) is 17.9 Å². The SMILES string of the molecule is Cc1cc(C(N)=O)c(OCc2ccccc2)cc1-c1cnn(C)c1. The Labute approximate surface area is 140 Å². The van der Waals surface area contributed by atoms with Crippen molar-refractivity contribution in [1.29, 1.82) is 0 Å². The lowest BCUT2D eigenvalue weighted by Crippen LogP contribution is -2.13. The molecule has 0 fully saturated rings. The molecular weight excluding hydrogens is 302 g/mol. The third-order valence-electron chi connectivity index (χ3n) is 3.85. The Kier molecular flexibility index (Phi) is 4.33. The maximum atomic E-state index is 11.8. The fourth-order valence-electron chi connectivity index (χ4n) is 2.61. The molecule has 5 nitrogen and oxygen atoms in total. The minimum atomic E-state index is -0.501. The van der Waals surface area contributed by atoms with Crippen LogP contribution in [0.5, 0.6) is 5.75 Å². The fraction of sp³-hybridized carbons (Fsp3) is 0.158. The van der Waals surface area contributed by atoms with Gasteiger partial charge in [-0.15, -0.1) is 0 Å². The summed E-state index contributed by atoms with van der Waals surface area (Å²) < 4.78 is 7.62. The van der Waals surface area contributed by atoms with Crippen LogP contribution in [0.2, 0.25) is 0 Å². The van der Waals surface area contributed by atoms with Crippen LogP contribution in [0.25, 0.3) is 11.1 Å². The Morgan fingerprint density at radius 3 is 2.62 bits per heavy atom. The van der Waals surface area contributed by atoms with Gasteiger partial charge in [-0.25, -0.2) is 0 Å². The second-order valence-corrected chi connectivity index (χ2v) is 5.70. The van der Waals surface area contributed by atoms with Crippen molar-refractivity contribution in [3.8, 4) is 16.9 Å². The van der Waals surface area contributed by atoms with Gasteiger partial charge in [-0.1, -0.05) is 30.3 Å². The molecule has 2 N–H and O–H groups in total. The fourth-order valence-corrected chi connectivity index (χ4v) is 2.61. The lowest BCUT2D eigenvalue weighted by atomic mass is 9.99. The van der Waals surface area contributed by atoms with Gasteiger partial charge in [0.05, 0.1) is 11.8 Å². The van der Waals surface area contributed by atoms with Gasteiger partial charge in [0.15, 0.2) is 0 Å². The molecule has 0 saturated carbocycles. The van der Waals surface area contributed by atoms with Crippen molar-refractivity contribution in [3.63, 3.8) is 0 Å². The van der Waals surface area contributed by atoms with Gasteiger partial charge in [0.1, 0.15) is 12.4 Å². The number of rotatable bonds is 5. The largest absolute Gasteiger partial charge is 0.488 e. The topological polar surface area (TPSA) is 70.1 Å². The predicted molar refractivity (Wildman–Crippen MR) is 92.7 cm³/mol. The summed E-state index contributed by atoms with van der Waals surface area (Å²) in [4.78, 5) is 11.8. The molecular formula is C19H19N3O2. The highest BCUT2D eigenvalue weighted by Crippen LogP contribution is 2.31. The molecule has 0 radical (unpaired) electrons. The highest BCUT2D eigenvalue weighted by Gasteiger charge is 2.15. The Bertz CT molecular complexity index is 870. The van der Waals surface area contributed by atoms with Gasteiger partial charge in [0.2, 0.25) is 0 Å². The predicted octanol–water partition coefficient (Wildman–Crippen LogP) is 3.07. The zero-order valence-corrected chi connectivity index (χ0v) is 13.7. The first-order valence-corrected chi connectivity index (χ1v) is 7.65. The molecule has 3 aromatic rings. The third-order valence-corrected chi connectivity index (χ3v) is 3.85. The summed E-state index contributed by atoms with van der Waals surface area (Å²) in [7, 11) is 1.86. The van der Waals surface area contributed by atoms with E-state index in [-0.39, 0.29) is 0 Å². The van der Waals surface area contributed by atoms with Crippen LogP contribution in [0.3, 0.4) is 0 Å². The van der Waals surface area contributed by atoms with Gasteiger partial charge in [0, 0.05) is 18.8 Å². The molecule has 0 aliphatic heterocycles. The molecule has 0 atom stereocenters. The van der Waals surface area contributed by atoms with Crippen LogP contribution >= 0.6 is 0 Å². The number of benzene rings is 2. The minimum absolute atomic E-state index is 0.372. The van der Waals surface area contributed by atoms with Crippen LogP contribution in [0, 0.1) is 6.92 Å². The average molecular weight is 321 g/mol. The molecule has 0 bridgehead atoms. The van der Waals surface area contributed by atoms with E-state index in [4.69, 9.17) is 10.5 Å². The van der Waals surface area contributed by atoms with Crippen LogP contribution in [0.1, 0.15) is 21.5 Å². The molecule has 3 rings (SSSR count). The second-order valence-electron chi connectivity index (χ2n) is 5.70. The summed E-state index contributed by atoms with van der Waals surface area (Å²) in [6, 6.07) is 13.4. The van der Waals surface area contributed by atoms with E-state index in [9.17, 15) is 4.79 Å². The van der Waals surface area contributed by atoms with E-state index in [1.165, 1.54) is 0 Å². The van der Waals surface area contributed by atoms with Gasteiger partial charge in [-0.05, 0) is 35.7 Å². The normalized spacial score (nSPS) is 10.6. The molecule has 1 amide bonds. The van der Waals surface area contributed by atoms with Crippen LogP contribution in [0.15, 0.2) is 54.9 Å². The third kappa shape index (κ3) is 3.30. The van der Waals surface area contributed by atoms with Gasteiger partial charge >= 0.3 is 0 Å². The number of ether oxygens (including phenoxy) is 1. The molecule has 0 spiro atoms. The summed E-state index contributed by atoms with van der Waals surface area (Å²) in [5, 5.41) is 4.20. The van der Waals surface area contributed by atoms with Crippen molar-refractivity contribution in [1.82, 2.24) is 9.78 Å². The molecule has 1 heterocycles. The van der Waals surface area contributed by atoms with Crippen LogP contribution in [-0.2, 0) is 13.7 Å². The van der Waals surface area contributed by atoms with Gasteiger partial charge in [0.25, 0.3) is 5.91 Å². The minimum Gasteiger partial charge on any atom is -0.488 e. The molecule has 0 unspecified atom stereocenters. The summed E-state index contributed by atoms with van der Waals surface area (Å²) >= 11 is 0. The molecule has 0 saturated heterocycles. The van der Waals surface area contributed by atoms with Gasteiger partial charge < -0.3 is 10.5 Å². The Morgan fingerprint density at radius 1 is 1.25 bits per heavy atom. The zero-order chi connectivity index (χ0) is 17.1. The number of primary amides is 1. The van der Waals surface area contributed by atoms with Crippen LogP contribution in [0.4, 0.5) is 0 Å². The Hall–Kier alpha value is -3.08. The number of hydrogen-bond donors (Lipinski definition) is 1. The standard InChI is InChI=1S/C19H19N3O2/c1-13-8-17(19(20)23)18(24-12-14-6-4-3-5-7-14)9-16(13)15-10-21-22(2)11-15/h3-11H,12H2,1-2H3,(H2,20,23). The molecule has 1 aromatic heterocycles. The number of nitrogens with two attached hydrogens (primary N) is 1. The molecule has 5 heteroatoms. The first-order chi connectivity index (χ1) is 11.5. The van der Waals surface area contributed by atoms with Gasteiger partial charge in [-0.2, -0.15) is 5.10 Å². The summed E-state index contributed by atoms with van der Waals surface area (Å²) in [5.74, 6) is -0.0188. The number of carbonyl (C=O) groups is 1. The average Bonchev–Trinajstić information content (AvgIpc) is 3.00. The number of carbonyl (C=O) groups excluding carboxylic acids is 1. The van der Waals surface area contributed by atoms with Crippen molar-refractivity contribution in [2.45, 2.75) is 13.5 Å². The zero-order valence-electron chi connectivity index (χ0n) is 13.7. The van der Waals surface area contributed by atoms with Crippen LogP contribution in [-0.4, -0.2) is 15.7 Å². The van der Waals surface area contributed by atoms with Crippen molar-refractivity contribution >= 4 is 5.91 Å². The van der Waals surface area contributed by atoms with E-state index >= 15 is 0 Å². The number of nitrogens with zero attached hydrogens (tertiary/aromatic N) is 2. The van der Waals surface area contributed by atoms with E-state index in [1.807, 2.05) is 56.6 Å². The van der Waals surface area contributed by atoms with E-state index < -0.39 is 5.91 Å². The number of amides is 1. The molecule has 0 aliphatic carbocycles. The quantitative estimate of drug-likeness (QED) is 0.785. The Morgan fingerprint density at radius 2 is 2.00 bits per heavy atom. The van der Waals surface area contributed by atoms with Crippen molar-refractivity contribution < 1.29 is 9.53 Å². The van der Waals surface area contributed by atoms with Crippen molar-refractivity contribution in [2.24, 2.45) is 12.8 Å². The van der Waals surface area contributed by atoms with Crippen molar-refractivity contribution in [3.05, 3.63) is 71.5 Å². The summed E-state index contributed by atoms with van der Waals surface area (Å²) in [5.41, 5.74) is 9.80. The molecule has 122 valence electrons. The van der Waals surface area contributed by atoms with Crippen LogP contribution < -0.4 is 10.5 Å². The molecule has 2 aromatic carbocycles. The molecule has 24 heavy (non-hydrogen) atoms. The van der Waals surface area contributed by atoms with Gasteiger partial charge in [-0.3, -0.25) is 9.48 Å². The first kappa shape index (κ1) is 15.8. The lowest BCUT2D eigenvalue weighted by molar-refractivity contribution is 0.0996. The second kappa shape index (κ2) is 6.58. The highest BCUT2D eigenvalue weighted by atomic mass is 16.5. The van der Waals surface area contributed by atoms with Crippen molar-refractivity contribution in [2.75, 3.05) is 0 Å². The highest BCUT2D eigenvalue weighted by molar-refractivity contribution is 5.97. The van der Waals surface area contributed by atoms with E-state index in [2.05, 4.69) is 5.10 Å². The lowest BCUT2D eigenvalue weighted by Gasteiger charge is -2.13. The Balaban J connectivity index is 1.97. The number of aryl methyl sites for hydroxylation is 2. The summed E-state index contributed by atoms with van der Waals surface area (Å²) in [6.07, 6.45) is 3.71. The smallest absolute Gasteiger partial charge is 0.252 e. The summed E-state index contributed by atoms with van der Waals surface area (Å²) in [6.45, 7) is 2.31. The number of aromatic nitrogens is 2. The molecule has 0 aliphatic rings. The first-order valence-electron chi connectivity index (χ1n) is 7.65. The van der Waals surface area contributed by atoms with E-state index in [0.717, 1.165) is 22.3 Å². The maximum absolute atomic E-state index is 11.8. The van der Waals surface area contributed by atoms with E-state index in [1.54, 1.807) is 16.9 Å². The maximum Gasteiger partial charge on any atom is 0.252 e. The number of hydrogen-bond acceptors (Lipinski definition) is 3.